The van der Waals surface area contributed by atoms with Crippen molar-refractivity contribution in [1.82, 2.24) is 9.97 Å². The zero-order chi connectivity index (χ0) is 15.0. The molecule has 0 saturated heterocycles. The number of halogens is 2. The van der Waals surface area contributed by atoms with Gasteiger partial charge in [0.15, 0.2) is 0 Å². The topological polar surface area (TPSA) is 52.1 Å². The van der Waals surface area contributed by atoms with Gasteiger partial charge >= 0.3 is 5.97 Å². The third kappa shape index (κ3) is 3.03. The summed E-state index contributed by atoms with van der Waals surface area (Å²) in [6, 6.07) is 5.52. The van der Waals surface area contributed by atoms with Crippen LogP contribution < -0.4 is 0 Å². The summed E-state index contributed by atoms with van der Waals surface area (Å²) in [4.78, 5) is 20.2. The van der Waals surface area contributed by atoms with Crippen molar-refractivity contribution in [3.8, 4) is 11.3 Å². The van der Waals surface area contributed by atoms with Crippen molar-refractivity contribution in [2.45, 2.75) is 18.8 Å². The number of ether oxygens (including phenoxy) is 1. The van der Waals surface area contributed by atoms with Crippen LogP contribution in [0.3, 0.4) is 0 Å². The van der Waals surface area contributed by atoms with Crippen LogP contribution >= 0.6 is 11.6 Å². The van der Waals surface area contributed by atoms with Gasteiger partial charge in [0.05, 0.1) is 18.4 Å². The molecular formula is C15H12ClFN2O2. The molecule has 0 bridgehead atoms. The normalized spacial score (nSPS) is 14.0. The molecule has 3 rings (SSSR count). The van der Waals surface area contributed by atoms with Crippen molar-refractivity contribution in [3.05, 3.63) is 46.6 Å². The maximum absolute atomic E-state index is 13.7. The monoisotopic (exact) mass is 306 g/mol. The first-order valence-electron chi connectivity index (χ1n) is 6.50. The number of benzene rings is 1. The zero-order valence-corrected chi connectivity index (χ0v) is 12.0. The Morgan fingerprint density at radius 3 is 2.71 bits per heavy atom. The smallest absolute Gasteiger partial charge is 0.337 e. The number of hydrogen-bond acceptors (Lipinski definition) is 4. The van der Waals surface area contributed by atoms with Gasteiger partial charge in [-0.15, -0.1) is 0 Å². The lowest BCUT2D eigenvalue weighted by atomic mass is 10.1. The second-order valence-electron chi connectivity index (χ2n) is 4.93. The van der Waals surface area contributed by atoms with Crippen LogP contribution in [0.1, 0.15) is 34.9 Å². The van der Waals surface area contributed by atoms with E-state index in [0.29, 0.717) is 28.2 Å². The maximum Gasteiger partial charge on any atom is 0.337 e. The minimum atomic E-state index is -0.599. The van der Waals surface area contributed by atoms with Gasteiger partial charge in [0, 0.05) is 17.5 Å². The molecule has 1 aliphatic carbocycles. The maximum atomic E-state index is 13.7. The molecule has 1 saturated carbocycles. The molecule has 1 aromatic heterocycles. The number of rotatable bonds is 3. The predicted molar refractivity (Wildman–Crippen MR) is 75.8 cm³/mol. The predicted octanol–water partition coefficient (Wildman–Crippen LogP) is 3.60. The molecule has 0 N–H and O–H groups in total. The summed E-state index contributed by atoms with van der Waals surface area (Å²) in [7, 11) is 1.25. The molecule has 1 aromatic carbocycles. The fourth-order valence-corrected chi connectivity index (χ4v) is 2.27. The van der Waals surface area contributed by atoms with E-state index in [1.54, 1.807) is 6.07 Å². The molecule has 0 amide bonds. The third-order valence-corrected chi connectivity index (χ3v) is 3.46. The minimum Gasteiger partial charge on any atom is -0.465 e. The Bertz CT molecular complexity index is 717. The van der Waals surface area contributed by atoms with E-state index in [1.807, 2.05) is 0 Å². The summed E-state index contributed by atoms with van der Waals surface area (Å²) in [5, 5.41) is 0.311. The van der Waals surface area contributed by atoms with E-state index in [4.69, 9.17) is 11.6 Å². The molecule has 6 heteroatoms. The highest BCUT2D eigenvalue weighted by Crippen LogP contribution is 2.39. The number of nitrogens with zero attached hydrogens (tertiary/aromatic N) is 2. The van der Waals surface area contributed by atoms with E-state index in [0.717, 1.165) is 18.9 Å². The number of methoxy groups -OCH3 is 1. The largest absolute Gasteiger partial charge is 0.465 e. The Balaban J connectivity index is 2.07. The van der Waals surface area contributed by atoms with E-state index >= 15 is 0 Å². The molecule has 0 radical (unpaired) electrons. The molecule has 0 atom stereocenters. The standard InChI is InChI=1S/C15H12ClFN2O2/c1-21-15(20)10-4-9(5-11(17)6-10)12-7-13(16)19-14(18-12)8-2-3-8/h4-8H,2-3H2,1H3. The molecule has 0 aliphatic heterocycles. The van der Waals surface area contributed by atoms with E-state index in [2.05, 4.69) is 14.7 Å². The van der Waals surface area contributed by atoms with Crippen molar-refractivity contribution in [1.29, 1.82) is 0 Å². The number of carbonyl (C=O) groups is 1. The zero-order valence-electron chi connectivity index (χ0n) is 11.3. The number of esters is 1. The molecule has 1 aliphatic rings. The molecule has 2 aromatic rings. The van der Waals surface area contributed by atoms with Crippen LogP contribution in [0.2, 0.25) is 5.15 Å². The highest BCUT2D eigenvalue weighted by Gasteiger charge is 2.27. The van der Waals surface area contributed by atoms with E-state index < -0.39 is 11.8 Å². The molecule has 4 nitrogen and oxygen atoms in total. The SMILES string of the molecule is COC(=O)c1cc(F)cc(-c2cc(Cl)nc(C3CC3)n2)c1. The van der Waals surface area contributed by atoms with Gasteiger partial charge < -0.3 is 4.74 Å². The molecular weight excluding hydrogens is 295 g/mol. The average molecular weight is 307 g/mol. The lowest BCUT2D eigenvalue weighted by molar-refractivity contribution is 0.0600. The molecule has 1 fully saturated rings. The fraction of sp³-hybridized carbons (Fsp3) is 0.267. The third-order valence-electron chi connectivity index (χ3n) is 3.27. The van der Waals surface area contributed by atoms with Crippen molar-refractivity contribution in [3.63, 3.8) is 0 Å². The van der Waals surface area contributed by atoms with Crippen LogP contribution in [0.15, 0.2) is 24.3 Å². The highest BCUT2D eigenvalue weighted by molar-refractivity contribution is 6.29. The van der Waals surface area contributed by atoms with Gasteiger partial charge in [0.1, 0.15) is 16.8 Å². The summed E-state index contributed by atoms with van der Waals surface area (Å²) in [6.07, 6.45) is 2.08. The van der Waals surface area contributed by atoms with Crippen LogP contribution in [-0.2, 0) is 4.74 Å². The lowest BCUT2D eigenvalue weighted by Crippen LogP contribution is -2.03. The van der Waals surface area contributed by atoms with Crippen molar-refractivity contribution < 1.29 is 13.9 Å². The van der Waals surface area contributed by atoms with E-state index in [1.165, 1.54) is 19.2 Å². The van der Waals surface area contributed by atoms with Gasteiger partial charge in [-0.25, -0.2) is 19.2 Å². The first-order valence-corrected chi connectivity index (χ1v) is 6.88. The second kappa shape index (κ2) is 5.41. The summed E-state index contributed by atoms with van der Waals surface area (Å²) < 4.78 is 18.3. The summed E-state index contributed by atoms with van der Waals surface area (Å²) in [6.45, 7) is 0. The van der Waals surface area contributed by atoms with Crippen LogP contribution in [0.4, 0.5) is 4.39 Å². The number of carbonyl (C=O) groups excluding carboxylic acids is 1. The Kier molecular flexibility index (Phi) is 3.59. The van der Waals surface area contributed by atoms with Gasteiger partial charge in [0.25, 0.3) is 0 Å². The van der Waals surface area contributed by atoms with Crippen LogP contribution in [-0.4, -0.2) is 23.0 Å². The second-order valence-corrected chi connectivity index (χ2v) is 5.32. The summed E-state index contributed by atoms with van der Waals surface area (Å²) in [5.74, 6) is -0.133. The lowest BCUT2D eigenvalue weighted by Gasteiger charge is -2.07. The first kappa shape index (κ1) is 13.9. The Hall–Kier alpha value is -2.01. The van der Waals surface area contributed by atoms with Gasteiger partial charge in [-0.2, -0.15) is 0 Å². The Labute approximate surface area is 125 Å². The summed E-state index contributed by atoms with van der Waals surface area (Å²) >= 11 is 6.00. The van der Waals surface area contributed by atoms with E-state index in [-0.39, 0.29) is 5.56 Å². The van der Waals surface area contributed by atoms with Crippen molar-refractivity contribution in [2.24, 2.45) is 0 Å². The van der Waals surface area contributed by atoms with Crippen molar-refractivity contribution >= 4 is 17.6 Å². The average Bonchev–Trinajstić information content (AvgIpc) is 3.29. The van der Waals surface area contributed by atoms with Crippen molar-refractivity contribution in [2.75, 3.05) is 7.11 Å². The number of aromatic nitrogens is 2. The molecule has 21 heavy (non-hydrogen) atoms. The fourth-order valence-electron chi connectivity index (χ4n) is 2.08. The molecule has 0 unspecified atom stereocenters. The van der Waals surface area contributed by atoms with Crippen LogP contribution in [0.25, 0.3) is 11.3 Å². The highest BCUT2D eigenvalue weighted by atomic mass is 35.5. The minimum absolute atomic E-state index is 0.134. The quantitative estimate of drug-likeness (QED) is 0.642. The van der Waals surface area contributed by atoms with E-state index in [9.17, 15) is 9.18 Å². The summed E-state index contributed by atoms with van der Waals surface area (Å²) in [5.41, 5.74) is 1.11. The Morgan fingerprint density at radius 2 is 2.05 bits per heavy atom. The first-order chi connectivity index (χ1) is 10.1. The van der Waals surface area contributed by atoms with Gasteiger partial charge in [-0.1, -0.05) is 11.6 Å². The molecule has 108 valence electrons. The van der Waals surface area contributed by atoms with Gasteiger partial charge in [0.2, 0.25) is 0 Å². The Morgan fingerprint density at radius 1 is 1.29 bits per heavy atom. The number of hydrogen-bond donors (Lipinski definition) is 0. The molecule has 0 spiro atoms. The van der Waals surface area contributed by atoms with Gasteiger partial charge in [-0.3, -0.25) is 0 Å². The van der Waals surface area contributed by atoms with Gasteiger partial charge in [-0.05, 0) is 31.0 Å². The molecule has 1 heterocycles. The van der Waals surface area contributed by atoms with Crippen LogP contribution in [0, 0.1) is 5.82 Å². The van der Waals surface area contributed by atoms with Crippen LogP contribution in [0.5, 0.6) is 0 Å².